The molecule has 0 radical (unpaired) electrons. The zero-order valence-electron chi connectivity index (χ0n) is 6.71. The second-order valence-corrected chi connectivity index (χ2v) is 1.78. The van der Waals surface area contributed by atoms with Gasteiger partial charge in [0.15, 0.2) is 0 Å². The molecule has 0 heterocycles. The van der Waals surface area contributed by atoms with E-state index >= 15 is 0 Å². The molecule has 0 aliphatic rings. The first-order valence-corrected chi connectivity index (χ1v) is 12.2. The molecule has 1 rings (SSSR count). The maximum atomic E-state index is 10.8. The Labute approximate surface area is 92.5 Å². The van der Waals surface area contributed by atoms with Crippen LogP contribution in [-0.2, 0) is 19.5 Å². The van der Waals surface area contributed by atoms with Crippen LogP contribution in [-0.4, -0.2) is 13.1 Å². The molecule has 1 aromatic rings. The summed E-state index contributed by atoms with van der Waals surface area (Å²) in [4.78, 5) is 10.8. The molecule has 0 atom stereocenters. The van der Waals surface area contributed by atoms with Crippen molar-refractivity contribution in [2.45, 2.75) is 0 Å². The normalized spacial score (nSPS) is 8.00. The first kappa shape index (κ1) is 12.0. The quantitative estimate of drug-likeness (QED) is 0.342. The Morgan fingerprint density at radius 3 is 2.42 bits per heavy atom. The van der Waals surface area contributed by atoms with E-state index in [2.05, 4.69) is 30.6 Å². The molecule has 0 aliphatic heterocycles. The summed E-state index contributed by atoms with van der Waals surface area (Å²) in [5.74, 6) is -0.311. The molecule has 0 fully saturated rings. The zero-order chi connectivity index (χ0) is 9.40. The molecule has 0 amide bonds. The van der Waals surface area contributed by atoms with Crippen LogP contribution in [0.5, 0.6) is 0 Å². The van der Waals surface area contributed by atoms with Crippen molar-refractivity contribution in [3.8, 4) is 0 Å². The van der Waals surface area contributed by atoms with Gasteiger partial charge in [0.05, 0.1) is 7.11 Å². The number of carbonyl (C=O) groups is 1. The van der Waals surface area contributed by atoms with Gasteiger partial charge in [-0.25, -0.2) is 4.79 Å². The number of carbonyl (C=O) groups excluding carboxylic acids is 1. The molecule has 12 heavy (non-hydrogen) atoms. The van der Waals surface area contributed by atoms with Crippen LogP contribution >= 0.6 is 19.8 Å². The molecular weight excluding hydrogens is 320 g/mol. The van der Waals surface area contributed by atoms with Gasteiger partial charge >= 0.3 is 40.5 Å². The van der Waals surface area contributed by atoms with E-state index in [1.807, 2.05) is 0 Å². The number of rotatable bonds is 1. The van der Waals surface area contributed by atoms with Gasteiger partial charge in [-0.05, 0) is 5.56 Å². The van der Waals surface area contributed by atoms with Crippen molar-refractivity contribution in [1.82, 2.24) is 0 Å². The number of methoxy groups -OCH3 is 1. The summed E-state index contributed by atoms with van der Waals surface area (Å²) in [5.41, 5.74) is 0.557. The Morgan fingerprint density at radius 2 is 2.00 bits per heavy atom. The molecule has 1 aromatic carbocycles. The van der Waals surface area contributed by atoms with Crippen molar-refractivity contribution < 1.29 is 24.3 Å². The topological polar surface area (TPSA) is 26.3 Å². The number of hydrogen-bond acceptors (Lipinski definition) is 2. The van der Waals surface area contributed by atoms with Crippen LogP contribution in [0.4, 0.5) is 0 Å². The second kappa shape index (κ2) is 7.68. The van der Waals surface area contributed by atoms with E-state index < -0.39 is 0 Å². The molecule has 0 unspecified atom stereocenters. The van der Waals surface area contributed by atoms with Crippen molar-refractivity contribution in [2.75, 3.05) is 7.11 Å². The van der Waals surface area contributed by atoms with Gasteiger partial charge in [-0.3, -0.25) is 0 Å². The van der Waals surface area contributed by atoms with Crippen molar-refractivity contribution in [3.63, 3.8) is 0 Å². The van der Waals surface area contributed by atoms with E-state index in [1.165, 1.54) is 21.9 Å². The number of halogens is 1. The van der Waals surface area contributed by atoms with Gasteiger partial charge in [0.25, 0.3) is 0 Å². The van der Waals surface area contributed by atoms with Gasteiger partial charge in [0, 0.05) is 0 Å². The maximum absolute atomic E-state index is 10.8. The molecular formula is C8H7IO2Zn. The molecule has 0 saturated heterocycles. The first-order chi connectivity index (χ1) is 5.84. The van der Waals surface area contributed by atoms with Gasteiger partial charge in [-0.1, -0.05) is 0 Å². The molecule has 4 heteroatoms. The molecule has 0 aromatic heterocycles. The average molecular weight is 327 g/mol. The molecule has 0 N–H and O–H groups in total. The third-order valence-electron chi connectivity index (χ3n) is 1.14. The average Bonchev–Trinajstić information content (AvgIpc) is 2.21. The minimum atomic E-state index is -0.311. The Morgan fingerprint density at radius 1 is 1.50 bits per heavy atom. The molecule has 0 spiro atoms. The number of ether oxygens (including phenoxy) is 1. The monoisotopic (exact) mass is 326 g/mol. The number of benzene rings is 1. The Balaban J connectivity index is 0.000000561. The number of hydrogen-bond donors (Lipinski definition) is 0. The van der Waals surface area contributed by atoms with Crippen LogP contribution in [0.15, 0.2) is 24.3 Å². The van der Waals surface area contributed by atoms with Crippen molar-refractivity contribution in [1.29, 1.82) is 0 Å². The van der Waals surface area contributed by atoms with E-state index in [0.717, 1.165) is 0 Å². The summed E-state index contributed by atoms with van der Waals surface area (Å²) in [6, 6.07) is 9.47. The second-order valence-electron chi connectivity index (χ2n) is 1.78. The van der Waals surface area contributed by atoms with E-state index in [4.69, 9.17) is 0 Å². The van der Waals surface area contributed by atoms with Crippen LogP contribution in [0.3, 0.4) is 0 Å². The summed E-state index contributed by atoms with van der Waals surface area (Å²) in [5, 5.41) is 0. The van der Waals surface area contributed by atoms with Gasteiger partial charge in [-0.15, -0.1) is 0 Å². The molecule has 2 nitrogen and oxygen atoms in total. The van der Waals surface area contributed by atoms with Crippen molar-refractivity contribution in [3.05, 3.63) is 35.9 Å². The Hall–Kier alpha value is 0.0434. The van der Waals surface area contributed by atoms with E-state index in [1.54, 1.807) is 24.3 Å². The van der Waals surface area contributed by atoms with Gasteiger partial charge < -0.3 is 4.74 Å². The fraction of sp³-hybridized carbons (Fsp3) is 0.125. The summed E-state index contributed by atoms with van der Waals surface area (Å²) < 4.78 is 4.48. The third kappa shape index (κ3) is 4.16. The van der Waals surface area contributed by atoms with Crippen LogP contribution < -0.4 is 0 Å². The molecule has 0 saturated carbocycles. The molecule has 60 valence electrons. The van der Waals surface area contributed by atoms with E-state index in [9.17, 15) is 4.79 Å². The molecule has 0 aliphatic carbocycles. The first-order valence-electron chi connectivity index (χ1n) is 3.16. The van der Waals surface area contributed by atoms with Crippen molar-refractivity contribution >= 4 is 25.7 Å². The van der Waals surface area contributed by atoms with Gasteiger partial charge in [-0.2, -0.15) is 30.3 Å². The number of esters is 1. The summed E-state index contributed by atoms with van der Waals surface area (Å²) >= 11 is 3.62. The Bertz CT molecular complexity index is 226. The summed E-state index contributed by atoms with van der Waals surface area (Å²) in [7, 11) is 1.36. The molecule has 0 bridgehead atoms. The third-order valence-corrected chi connectivity index (χ3v) is 1.14. The van der Waals surface area contributed by atoms with E-state index in [-0.39, 0.29) is 5.97 Å². The SMILES string of the molecule is COC(=O)c1cc[c-]cc1.[Zn+][I]. The van der Waals surface area contributed by atoms with Crippen molar-refractivity contribution in [2.24, 2.45) is 0 Å². The Kier molecular flexibility index (Phi) is 7.71. The predicted molar refractivity (Wildman–Crippen MR) is 50.6 cm³/mol. The zero-order valence-corrected chi connectivity index (χ0v) is 11.8. The standard InChI is InChI=1S/C8H7O2.HI.Zn/c1-10-8(9)7-5-3-2-4-6-7;;/h3-6H,1H3;1H;/q-1;;+2/p-1. The van der Waals surface area contributed by atoms with Crippen LogP contribution in [0.1, 0.15) is 10.4 Å². The van der Waals surface area contributed by atoms with Gasteiger partial charge in [0.1, 0.15) is 0 Å². The van der Waals surface area contributed by atoms with Crippen LogP contribution in [0.2, 0.25) is 0 Å². The van der Waals surface area contributed by atoms with E-state index in [0.29, 0.717) is 5.56 Å². The van der Waals surface area contributed by atoms with Gasteiger partial charge in [0.2, 0.25) is 0 Å². The summed E-state index contributed by atoms with van der Waals surface area (Å²) in [6.45, 7) is 0. The fourth-order valence-corrected chi connectivity index (χ4v) is 0.641. The summed E-state index contributed by atoms with van der Waals surface area (Å²) in [6.07, 6.45) is 0. The minimum absolute atomic E-state index is 0.311. The fourth-order valence-electron chi connectivity index (χ4n) is 0.641. The van der Waals surface area contributed by atoms with Crippen LogP contribution in [0.25, 0.3) is 0 Å². The predicted octanol–water partition coefficient (Wildman–Crippen LogP) is 2.16. The van der Waals surface area contributed by atoms with Crippen LogP contribution in [0, 0.1) is 6.07 Å².